The molecule has 0 aromatic heterocycles. The molecule has 0 bridgehead atoms. The lowest BCUT2D eigenvalue weighted by Crippen LogP contribution is -2.39. The fourth-order valence-corrected chi connectivity index (χ4v) is 0.186. The van der Waals surface area contributed by atoms with Crippen LogP contribution in [-0.4, -0.2) is 28.9 Å². The molecule has 0 radical (unpaired) electrons. The third-order valence-electron chi connectivity index (χ3n) is 0.628. The molecule has 0 aliphatic rings. The molecule has 0 saturated heterocycles. The molecule has 5 heteroatoms. The molecule has 0 aliphatic heterocycles. The van der Waals surface area contributed by atoms with Gasteiger partial charge in [-0.05, 0) is 0 Å². The fourth-order valence-electron chi connectivity index (χ4n) is 0.186. The summed E-state index contributed by atoms with van der Waals surface area (Å²) >= 11 is 0. The SMILES string of the molecule is N[C@H](CNO)C(=O)O. The van der Waals surface area contributed by atoms with Crippen LogP contribution in [0.2, 0.25) is 0 Å². The predicted molar refractivity (Wildman–Crippen MR) is 25.4 cm³/mol. The second-order valence-electron chi connectivity index (χ2n) is 1.31. The van der Waals surface area contributed by atoms with Gasteiger partial charge in [-0.25, -0.2) is 5.48 Å². The van der Waals surface area contributed by atoms with Crippen LogP contribution < -0.4 is 11.2 Å². The van der Waals surface area contributed by atoms with Crippen molar-refractivity contribution in [1.82, 2.24) is 5.48 Å². The Balaban J connectivity index is 3.32. The monoisotopic (exact) mass is 120 g/mol. The lowest BCUT2D eigenvalue weighted by Gasteiger charge is -2.01. The van der Waals surface area contributed by atoms with Crippen molar-refractivity contribution < 1.29 is 15.1 Å². The molecular weight excluding hydrogens is 112 g/mol. The molecule has 8 heavy (non-hydrogen) atoms. The maximum Gasteiger partial charge on any atom is 0.321 e. The van der Waals surface area contributed by atoms with Crippen molar-refractivity contribution in [1.29, 1.82) is 0 Å². The first kappa shape index (κ1) is 7.35. The van der Waals surface area contributed by atoms with Gasteiger partial charge in [0.2, 0.25) is 0 Å². The molecular formula is C3H8N2O3. The first-order chi connectivity index (χ1) is 3.68. The highest BCUT2D eigenvalue weighted by molar-refractivity contribution is 5.73. The van der Waals surface area contributed by atoms with E-state index in [9.17, 15) is 4.79 Å². The zero-order chi connectivity index (χ0) is 6.57. The van der Waals surface area contributed by atoms with E-state index < -0.39 is 12.0 Å². The van der Waals surface area contributed by atoms with Gasteiger partial charge >= 0.3 is 5.97 Å². The van der Waals surface area contributed by atoms with E-state index in [2.05, 4.69) is 0 Å². The van der Waals surface area contributed by atoms with Crippen LogP contribution in [0.25, 0.3) is 0 Å². The van der Waals surface area contributed by atoms with Gasteiger partial charge in [0.05, 0.1) is 0 Å². The summed E-state index contributed by atoms with van der Waals surface area (Å²) in [6.45, 7) is -0.130. The highest BCUT2D eigenvalue weighted by Gasteiger charge is 2.08. The average molecular weight is 120 g/mol. The summed E-state index contributed by atoms with van der Waals surface area (Å²) in [6, 6.07) is -1.03. The molecule has 0 amide bonds. The van der Waals surface area contributed by atoms with Crippen LogP contribution in [0.4, 0.5) is 0 Å². The number of hydrogen-bond acceptors (Lipinski definition) is 4. The Hall–Kier alpha value is -0.650. The van der Waals surface area contributed by atoms with Crippen LogP contribution in [-0.2, 0) is 4.79 Å². The van der Waals surface area contributed by atoms with E-state index in [-0.39, 0.29) is 6.54 Å². The minimum atomic E-state index is -1.13. The summed E-state index contributed by atoms with van der Waals surface area (Å²) in [5.41, 5.74) is 6.55. The fraction of sp³-hybridized carbons (Fsp3) is 0.667. The minimum absolute atomic E-state index is 0.130. The van der Waals surface area contributed by atoms with Crippen LogP contribution in [0.5, 0.6) is 0 Å². The smallest absolute Gasteiger partial charge is 0.321 e. The standard InChI is InChI=1S/C3H8N2O3/c4-2(1-5-8)3(6)7/h2,5,8H,1,4H2,(H,6,7)/t2-/m1/s1. The molecule has 5 N–H and O–H groups in total. The Labute approximate surface area is 46.1 Å². The van der Waals surface area contributed by atoms with Crippen molar-refractivity contribution in [3.8, 4) is 0 Å². The Bertz CT molecular complexity index is 84.6. The summed E-state index contributed by atoms with van der Waals surface area (Å²) in [5.74, 6) is -1.13. The lowest BCUT2D eigenvalue weighted by atomic mass is 10.3. The molecule has 0 aromatic rings. The summed E-state index contributed by atoms with van der Waals surface area (Å²) < 4.78 is 0. The molecule has 0 spiro atoms. The van der Waals surface area contributed by atoms with Crippen molar-refractivity contribution in [2.24, 2.45) is 5.73 Å². The van der Waals surface area contributed by atoms with Gasteiger partial charge in [-0.1, -0.05) is 0 Å². The van der Waals surface area contributed by atoms with E-state index in [0.29, 0.717) is 0 Å². The van der Waals surface area contributed by atoms with Crippen molar-refractivity contribution >= 4 is 5.97 Å². The molecule has 48 valence electrons. The number of aliphatic carboxylic acids is 1. The predicted octanol–water partition coefficient (Wildman–Crippen LogP) is -1.62. The topological polar surface area (TPSA) is 95.6 Å². The van der Waals surface area contributed by atoms with E-state index in [0.717, 1.165) is 0 Å². The van der Waals surface area contributed by atoms with Gasteiger partial charge in [0, 0.05) is 6.54 Å². The number of rotatable bonds is 3. The second kappa shape index (κ2) is 3.36. The molecule has 5 nitrogen and oxygen atoms in total. The third-order valence-corrected chi connectivity index (χ3v) is 0.628. The highest BCUT2D eigenvalue weighted by atomic mass is 16.5. The van der Waals surface area contributed by atoms with Gasteiger partial charge in [-0.3, -0.25) is 4.79 Å². The Kier molecular flexibility index (Phi) is 3.09. The van der Waals surface area contributed by atoms with Crippen LogP contribution >= 0.6 is 0 Å². The summed E-state index contributed by atoms with van der Waals surface area (Å²) in [4.78, 5) is 9.81. The van der Waals surface area contributed by atoms with E-state index in [4.69, 9.17) is 16.0 Å². The quantitative estimate of drug-likeness (QED) is 0.336. The Morgan fingerprint density at radius 2 is 2.38 bits per heavy atom. The summed E-state index contributed by atoms with van der Waals surface area (Å²) in [5, 5.41) is 15.9. The van der Waals surface area contributed by atoms with E-state index >= 15 is 0 Å². The van der Waals surface area contributed by atoms with Gasteiger partial charge < -0.3 is 16.0 Å². The van der Waals surface area contributed by atoms with E-state index in [1.807, 2.05) is 0 Å². The molecule has 0 heterocycles. The second-order valence-corrected chi connectivity index (χ2v) is 1.31. The van der Waals surface area contributed by atoms with Crippen LogP contribution in [0.1, 0.15) is 0 Å². The molecule has 0 aromatic carbocycles. The van der Waals surface area contributed by atoms with Gasteiger partial charge in [0.1, 0.15) is 6.04 Å². The van der Waals surface area contributed by atoms with E-state index in [1.165, 1.54) is 0 Å². The summed E-state index contributed by atoms with van der Waals surface area (Å²) in [6.07, 6.45) is 0. The van der Waals surface area contributed by atoms with Gasteiger partial charge in [0.15, 0.2) is 0 Å². The maximum absolute atomic E-state index is 9.81. The molecule has 0 fully saturated rings. The minimum Gasteiger partial charge on any atom is -0.480 e. The number of carbonyl (C=O) groups is 1. The van der Waals surface area contributed by atoms with Crippen molar-refractivity contribution in [3.63, 3.8) is 0 Å². The largest absolute Gasteiger partial charge is 0.480 e. The zero-order valence-corrected chi connectivity index (χ0v) is 4.16. The number of carboxylic acids is 1. The number of carboxylic acid groups (broad SMARTS) is 1. The van der Waals surface area contributed by atoms with E-state index in [1.54, 1.807) is 5.48 Å². The van der Waals surface area contributed by atoms with Crippen molar-refractivity contribution in [3.05, 3.63) is 0 Å². The lowest BCUT2D eigenvalue weighted by molar-refractivity contribution is -0.138. The van der Waals surface area contributed by atoms with Gasteiger partial charge in [-0.15, -0.1) is 0 Å². The number of nitrogens with two attached hydrogens (primary N) is 1. The molecule has 0 saturated carbocycles. The Morgan fingerprint density at radius 1 is 1.88 bits per heavy atom. The van der Waals surface area contributed by atoms with Crippen molar-refractivity contribution in [2.75, 3.05) is 6.54 Å². The van der Waals surface area contributed by atoms with Gasteiger partial charge in [0.25, 0.3) is 0 Å². The number of hydrogen-bond donors (Lipinski definition) is 4. The molecule has 1 atom stereocenters. The number of nitrogens with one attached hydrogen (secondary N) is 1. The number of hydroxylamine groups is 1. The average Bonchev–Trinajstić information content (AvgIpc) is 1.67. The third kappa shape index (κ3) is 2.51. The van der Waals surface area contributed by atoms with Crippen LogP contribution in [0.3, 0.4) is 0 Å². The maximum atomic E-state index is 9.81. The van der Waals surface area contributed by atoms with Crippen LogP contribution in [0, 0.1) is 0 Å². The van der Waals surface area contributed by atoms with Crippen molar-refractivity contribution in [2.45, 2.75) is 6.04 Å². The first-order valence-electron chi connectivity index (χ1n) is 2.04. The zero-order valence-electron chi connectivity index (χ0n) is 4.16. The first-order valence-corrected chi connectivity index (χ1v) is 2.04. The normalized spacial score (nSPS) is 13.2. The molecule has 0 aliphatic carbocycles. The summed E-state index contributed by atoms with van der Waals surface area (Å²) in [7, 11) is 0. The Morgan fingerprint density at radius 3 is 2.50 bits per heavy atom. The van der Waals surface area contributed by atoms with Gasteiger partial charge in [-0.2, -0.15) is 0 Å². The molecule has 0 unspecified atom stereocenters. The highest BCUT2D eigenvalue weighted by Crippen LogP contribution is 1.71. The van der Waals surface area contributed by atoms with Crippen LogP contribution in [0.15, 0.2) is 0 Å². The molecule has 0 rings (SSSR count).